The molecule has 2 heterocycles. The van der Waals surface area contributed by atoms with Crippen molar-refractivity contribution in [3.8, 4) is 5.75 Å². The molecular formula is C17H22N4O3S. The van der Waals surface area contributed by atoms with Crippen LogP contribution in [0.15, 0.2) is 35.5 Å². The zero-order chi connectivity index (χ0) is 17.6. The molecule has 0 N–H and O–H groups in total. The molecule has 0 saturated carbocycles. The molecule has 25 heavy (non-hydrogen) atoms. The van der Waals surface area contributed by atoms with E-state index in [9.17, 15) is 4.79 Å². The molecule has 1 aliphatic rings. The average molecular weight is 362 g/mol. The van der Waals surface area contributed by atoms with Gasteiger partial charge in [0.2, 0.25) is 5.91 Å². The highest BCUT2D eigenvalue weighted by Gasteiger charge is 2.20. The summed E-state index contributed by atoms with van der Waals surface area (Å²) in [4.78, 5) is 14.1. The van der Waals surface area contributed by atoms with Crippen molar-refractivity contribution >= 4 is 17.7 Å². The van der Waals surface area contributed by atoms with Crippen molar-refractivity contribution in [1.29, 1.82) is 0 Å². The standard InChI is InChI=1S/C17H22N4O3S/c1-13(24-14-6-4-3-5-7-14)16-18-19-17(20(16)2)25-12-15(22)21-8-10-23-11-9-21/h3-7,13H,8-12H2,1-2H3/t13-/m1/s1. The minimum Gasteiger partial charge on any atom is -0.483 e. The molecule has 1 aliphatic heterocycles. The number of rotatable bonds is 6. The summed E-state index contributed by atoms with van der Waals surface area (Å²) >= 11 is 1.40. The third kappa shape index (κ3) is 4.52. The zero-order valence-electron chi connectivity index (χ0n) is 14.4. The Morgan fingerprint density at radius 1 is 1.28 bits per heavy atom. The Hall–Kier alpha value is -2.06. The molecule has 0 aliphatic carbocycles. The maximum Gasteiger partial charge on any atom is 0.233 e. The molecule has 0 bridgehead atoms. The summed E-state index contributed by atoms with van der Waals surface area (Å²) in [6.45, 7) is 4.47. The van der Waals surface area contributed by atoms with Crippen molar-refractivity contribution in [3.05, 3.63) is 36.2 Å². The van der Waals surface area contributed by atoms with Crippen LogP contribution < -0.4 is 4.74 Å². The number of nitrogens with zero attached hydrogens (tertiary/aromatic N) is 4. The van der Waals surface area contributed by atoms with Gasteiger partial charge in [0, 0.05) is 20.1 Å². The van der Waals surface area contributed by atoms with Gasteiger partial charge in [-0.1, -0.05) is 30.0 Å². The van der Waals surface area contributed by atoms with Crippen LogP contribution in [0, 0.1) is 0 Å². The topological polar surface area (TPSA) is 69.5 Å². The van der Waals surface area contributed by atoms with Gasteiger partial charge in [-0.2, -0.15) is 0 Å². The largest absolute Gasteiger partial charge is 0.483 e. The molecule has 134 valence electrons. The molecule has 1 amide bonds. The monoisotopic (exact) mass is 362 g/mol. The van der Waals surface area contributed by atoms with Gasteiger partial charge < -0.3 is 18.9 Å². The van der Waals surface area contributed by atoms with E-state index in [2.05, 4.69) is 10.2 Å². The van der Waals surface area contributed by atoms with E-state index in [1.807, 2.05) is 53.8 Å². The fourth-order valence-electron chi connectivity index (χ4n) is 2.59. The minimum atomic E-state index is -0.232. The Morgan fingerprint density at radius 2 is 2.00 bits per heavy atom. The lowest BCUT2D eigenvalue weighted by atomic mass is 10.3. The summed E-state index contributed by atoms with van der Waals surface area (Å²) in [7, 11) is 1.89. The van der Waals surface area contributed by atoms with Crippen LogP contribution in [0.5, 0.6) is 5.75 Å². The first-order valence-corrected chi connectivity index (χ1v) is 9.23. The van der Waals surface area contributed by atoms with Gasteiger partial charge in [-0.3, -0.25) is 4.79 Å². The van der Waals surface area contributed by atoms with Gasteiger partial charge in [0.05, 0.1) is 19.0 Å². The Labute approximate surface area is 151 Å². The third-order valence-corrected chi connectivity index (χ3v) is 4.98. The lowest BCUT2D eigenvalue weighted by molar-refractivity contribution is -0.132. The molecule has 0 unspecified atom stereocenters. The van der Waals surface area contributed by atoms with Crippen LogP contribution in [-0.4, -0.2) is 57.6 Å². The molecule has 3 rings (SSSR count). The number of ether oxygens (including phenoxy) is 2. The summed E-state index contributed by atoms with van der Waals surface area (Å²) in [6.07, 6.45) is -0.232. The summed E-state index contributed by atoms with van der Waals surface area (Å²) in [6, 6.07) is 9.61. The number of thioether (sulfide) groups is 1. The van der Waals surface area contributed by atoms with Crippen LogP contribution in [0.25, 0.3) is 0 Å². The number of carbonyl (C=O) groups excluding carboxylic acids is 1. The van der Waals surface area contributed by atoms with Crippen molar-refractivity contribution in [3.63, 3.8) is 0 Å². The fraction of sp³-hybridized carbons (Fsp3) is 0.471. The van der Waals surface area contributed by atoms with Crippen molar-refractivity contribution in [2.45, 2.75) is 18.2 Å². The van der Waals surface area contributed by atoms with Crippen LogP contribution in [0.1, 0.15) is 18.9 Å². The zero-order valence-corrected chi connectivity index (χ0v) is 15.2. The lowest BCUT2D eigenvalue weighted by Crippen LogP contribution is -2.41. The number of aromatic nitrogens is 3. The van der Waals surface area contributed by atoms with Gasteiger partial charge in [0.25, 0.3) is 0 Å². The number of hydrogen-bond acceptors (Lipinski definition) is 6. The Balaban J connectivity index is 1.57. The number of benzene rings is 1. The summed E-state index contributed by atoms with van der Waals surface area (Å²) in [5, 5.41) is 9.13. The Kier molecular flexibility index (Phi) is 5.93. The molecule has 1 aromatic heterocycles. The molecule has 1 fully saturated rings. The van der Waals surface area contributed by atoms with E-state index < -0.39 is 0 Å². The number of para-hydroxylation sites is 1. The normalized spacial score (nSPS) is 15.8. The lowest BCUT2D eigenvalue weighted by Gasteiger charge is -2.26. The summed E-state index contributed by atoms with van der Waals surface area (Å²) in [5.74, 6) is 1.96. The predicted molar refractivity (Wildman–Crippen MR) is 94.6 cm³/mol. The van der Waals surface area contributed by atoms with Gasteiger partial charge in [0.1, 0.15) is 5.75 Å². The molecule has 8 heteroatoms. The van der Waals surface area contributed by atoms with Crippen LogP contribution in [0.3, 0.4) is 0 Å². The third-order valence-electron chi connectivity index (χ3n) is 3.98. The molecule has 0 radical (unpaired) electrons. The highest BCUT2D eigenvalue weighted by molar-refractivity contribution is 7.99. The van der Waals surface area contributed by atoms with Gasteiger partial charge in [-0.05, 0) is 19.1 Å². The molecule has 1 saturated heterocycles. The van der Waals surface area contributed by atoms with Crippen LogP contribution in [0.4, 0.5) is 0 Å². The predicted octanol–water partition coefficient (Wildman–Crippen LogP) is 1.91. The van der Waals surface area contributed by atoms with Crippen LogP contribution in [0.2, 0.25) is 0 Å². The van der Waals surface area contributed by atoms with E-state index in [0.717, 1.165) is 11.6 Å². The van der Waals surface area contributed by atoms with E-state index in [1.54, 1.807) is 0 Å². The highest BCUT2D eigenvalue weighted by atomic mass is 32.2. The van der Waals surface area contributed by atoms with Gasteiger partial charge >= 0.3 is 0 Å². The molecule has 1 aromatic carbocycles. The number of amides is 1. The van der Waals surface area contributed by atoms with Crippen molar-refractivity contribution in [1.82, 2.24) is 19.7 Å². The van der Waals surface area contributed by atoms with Crippen molar-refractivity contribution in [2.24, 2.45) is 7.05 Å². The highest BCUT2D eigenvalue weighted by Crippen LogP contribution is 2.23. The fourth-order valence-corrected chi connectivity index (χ4v) is 3.41. The first-order valence-electron chi connectivity index (χ1n) is 8.24. The maximum absolute atomic E-state index is 12.2. The number of morpholine rings is 1. The first kappa shape index (κ1) is 17.8. The smallest absolute Gasteiger partial charge is 0.233 e. The van der Waals surface area contributed by atoms with Gasteiger partial charge in [-0.15, -0.1) is 10.2 Å². The van der Waals surface area contributed by atoms with Crippen molar-refractivity contribution in [2.75, 3.05) is 32.1 Å². The van der Waals surface area contributed by atoms with Crippen molar-refractivity contribution < 1.29 is 14.3 Å². The van der Waals surface area contributed by atoms with E-state index in [4.69, 9.17) is 9.47 Å². The molecule has 0 spiro atoms. The second kappa shape index (κ2) is 8.35. The Morgan fingerprint density at radius 3 is 2.72 bits per heavy atom. The Bertz CT molecular complexity index is 701. The summed E-state index contributed by atoms with van der Waals surface area (Å²) < 4.78 is 13.0. The van der Waals surface area contributed by atoms with Crippen LogP contribution >= 0.6 is 11.8 Å². The first-order chi connectivity index (χ1) is 12.1. The van der Waals surface area contributed by atoms with Gasteiger partial charge in [0.15, 0.2) is 17.1 Å². The van der Waals surface area contributed by atoms with E-state index in [0.29, 0.717) is 37.2 Å². The SMILES string of the molecule is C[C@@H](Oc1ccccc1)c1nnc(SCC(=O)N2CCOCC2)n1C. The number of hydrogen-bond donors (Lipinski definition) is 0. The minimum absolute atomic E-state index is 0.103. The maximum atomic E-state index is 12.2. The second-order valence-corrected chi connectivity index (χ2v) is 6.70. The molecular weight excluding hydrogens is 340 g/mol. The molecule has 7 nitrogen and oxygen atoms in total. The van der Waals surface area contributed by atoms with E-state index in [-0.39, 0.29) is 12.0 Å². The molecule has 2 aromatic rings. The van der Waals surface area contributed by atoms with E-state index in [1.165, 1.54) is 11.8 Å². The number of carbonyl (C=O) groups is 1. The van der Waals surface area contributed by atoms with Crippen LogP contribution in [-0.2, 0) is 16.6 Å². The quantitative estimate of drug-likeness (QED) is 0.731. The second-order valence-electron chi connectivity index (χ2n) is 5.75. The average Bonchev–Trinajstić information content (AvgIpc) is 3.02. The molecule has 1 atom stereocenters. The van der Waals surface area contributed by atoms with Gasteiger partial charge in [-0.25, -0.2) is 0 Å². The summed E-state index contributed by atoms with van der Waals surface area (Å²) in [5.41, 5.74) is 0. The van der Waals surface area contributed by atoms with E-state index >= 15 is 0 Å².